The van der Waals surface area contributed by atoms with Crippen LogP contribution in [-0.2, 0) is 4.79 Å². The highest BCUT2D eigenvalue weighted by atomic mass is 35.5. The molecule has 1 fully saturated rings. The van der Waals surface area contributed by atoms with E-state index in [0.29, 0.717) is 23.1 Å². The second-order valence-corrected chi connectivity index (χ2v) is 9.54. The Balaban J connectivity index is 1.45. The van der Waals surface area contributed by atoms with Crippen LogP contribution in [0.15, 0.2) is 91.3 Å². The van der Waals surface area contributed by atoms with E-state index in [1.54, 1.807) is 6.20 Å². The molecule has 36 heavy (non-hydrogen) atoms. The number of carbonyl (C=O) groups is 1. The average molecular weight is 516 g/mol. The zero-order valence-corrected chi connectivity index (χ0v) is 21.3. The number of halogens is 1. The zero-order chi connectivity index (χ0) is 25.1. The van der Waals surface area contributed by atoms with Crippen molar-refractivity contribution in [2.24, 2.45) is 0 Å². The van der Waals surface area contributed by atoms with Gasteiger partial charge in [0, 0.05) is 47.5 Å². The van der Waals surface area contributed by atoms with E-state index in [9.17, 15) is 4.79 Å². The highest BCUT2D eigenvalue weighted by Gasteiger charge is 2.41. The molecule has 3 heterocycles. The van der Waals surface area contributed by atoms with Gasteiger partial charge in [0.2, 0.25) is 5.91 Å². The number of aromatic nitrogens is 2. The molecule has 2 unspecified atom stereocenters. The van der Waals surface area contributed by atoms with Crippen LogP contribution in [0.25, 0.3) is 5.69 Å². The number of thiocarbonyl (C=S) groups is 1. The average Bonchev–Trinajstić information content (AvgIpc) is 3.49. The number of para-hydroxylation sites is 1. The molecular formula is C28H26ClN5OS. The number of rotatable bonds is 7. The molecular weight excluding hydrogens is 490 g/mol. The third-order valence-corrected chi connectivity index (χ3v) is 6.95. The summed E-state index contributed by atoms with van der Waals surface area (Å²) in [5.41, 5.74) is 4.71. The van der Waals surface area contributed by atoms with E-state index in [2.05, 4.69) is 31.2 Å². The molecule has 6 nitrogen and oxygen atoms in total. The van der Waals surface area contributed by atoms with E-state index >= 15 is 0 Å². The molecule has 4 aromatic rings. The summed E-state index contributed by atoms with van der Waals surface area (Å²) in [6, 6.07) is 25.1. The lowest BCUT2D eigenvalue weighted by atomic mass is 10.0. The first-order chi connectivity index (χ1) is 17.5. The molecule has 1 amide bonds. The van der Waals surface area contributed by atoms with Crippen LogP contribution in [0.2, 0.25) is 5.02 Å². The van der Waals surface area contributed by atoms with Gasteiger partial charge in [-0.25, -0.2) is 0 Å². The monoisotopic (exact) mass is 515 g/mol. The highest BCUT2D eigenvalue weighted by Crippen LogP contribution is 2.39. The van der Waals surface area contributed by atoms with Gasteiger partial charge in [-0.3, -0.25) is 9.78 Å². The van der Waals surface area contributed by atoms with Crippen molar-refractivity contribution in [3.63, 3.8) is 0 Å². The molecule has 2 N–H and O–H groups in total. The van der Waals surface area contributed by atoms with Gasteiger partial charge in [0.25, 0.3) is 0 Å². The van der Waals surface area contributed by atoms with E-state index in [0.717, 1.165) is 28.3 Å². The van der Waals surface area contributed by atoms with Crippen LogP contribution in [-0.4, -0.2) is 32.0 Å². The molecule has 0 bridgehead atoms. The molecule has 5 rings (SSSR count). The van der Waals surface area contributed by atoms with Crippen molar-refractivity contribution >= 4 is 40.5 Å². The van der Waals surface area contributed by atoms with Gasteiger partial charge in [-0.05, 0) is 73.2 Å². The number of nitrogens with zero attached hydrogens (tertiary/aromatic N) is 3. The molecule has 0 aliphatic carbocycles. The summed E-state index contributed by atoms with van der Waals surface area (Å²) in [6.45, 7) is 2.44. The van der Waals surface area contributed by atoms with Gasteiger partial charge in [-0.15, -0.1) is 0 Å². The van der Waals surface area contributed by atoms with Crippen LogP contribution < -0.4 is 10.6 Å². The lowest BCUT2D eigenvalue weighted by Crippen LogP contribution is -2.33. The van der Waals surface area contributed by atoms with E-state index in [4.69, 9.17) is 23.8 Å². The minimum atomic E-state index is -0.175. The Labute approximate surface area is 220 Å². The SMILES string of the molecule is Cc1ccccc1NC(=O)CCN1C(=S)NC(c2ccccn2)C1c1cccn1-c1cccc(Cl)c1. The maximum absolute atomic E-state index is 12.9. The Morgan fingerprint density at radius 1 is 1.08 bits per heavy atom. The fraction of sp³-hybridized carbons (Fsp3) is 0.179. The van der Waals surface area contributed by atoms with Crippen LogP contribution in [0.3, 0.4) is 0 Å². The Bertz CT molecular complexity index is 1390. The number of anilines is 1. The van der Waals surface area contributed by atoms with Gasteiger partial charge in [-0.2, -0.15) is 0 Å². The lowest BCUT2D eigenvalue weighted by Gasteiger charge is -2.29. The number of aryl methyl sites for hydroxylation is 1. The van der Waals surface area contributed by atoms with E-state index < -0.39 is 0 Å². The number of carbonyl (C=O) groups excluding carboxylic acids is 1. The maximum atomic E-state index is 12.9. The lowest BCUT2D eigenvalue weighted by molar-refractivity contribution is -0.116. The van der Waals surface area contributed by atoms with E-state index in [-0.39, 0.29) is 18.0 Å². The molecule has 1 aliphatic rings. The minimum absolute atomic E-state index is 0.0580. The smallest absolute Gasteiger partial charge is 0.226 e. The Morgan fingerprint density at radius 2 is 1.92 bits per heavy atom. The summed E-state index contributed by atoms with van der Waals surface area (Å²) in [4.78, 5) is 19.6. The van der Waals surface area contributed by atoms with Crippen molar-refractivity contribution in [2.75, 3.05) is 11.9 Å². The van der Waals surface area contributed by atoms with Crippen molar-refractivity contribution in [2.45, 2.75) is 25.4 Å². The van der Waals surface area contributed by atoms with Gasteiger partial charge in [-0.1, -0.05) is 41.9 Å². The molecule has 2 aromatic heterocycles. The highest BCUT2D eigenvalue weighted by molar-refractivity contribution is 7.80. The minimum Gasteiger partial charge on any atom is -0.352 e. The maximum Gasteiger partial charge on any atom is 0.226 e. The molecule has 8 heteroatoms. The van der Waals surface area contributed by atoms with Crippen molar-refractivity contribution in [3.8, 4) is 5.69 Å². The molecule has 0 saturated carbocycles. The molecule has 182 valence electrons. The summed E-state index contributed by atoms with van der Waals surface area (Å²) in [6.07, 6.45) is 4.09. The number of benzene rings is 2. The second-order valence-electron chi connectivity index (χ2n) is 8.72. The number of nitrogens with one attached hydrogen (secondary N) is 2. The van der Waals surface area contributed by atoms with E-state index in [1.165, 1.54) is 0 Å². The topological polar surface area (TPSA) is 62.2 Å². The molecule has 2 atom stereocenters. The number of pyridine rings is 1. The van der Waals surface area contributed by atoms with Crippen molar-refractivity contribution in [1.82, 2.24) is 19.8 Å². The van der Waals surface area contributed by atoms with E-state index in [1.807, 2.05) is 85.9 Å². The number of amides is 1. The summed E-state index contributed by atoms with van der Waals surface area (Å²) >= 11 is 12.1. The predicted octanol–water partition coefficient (Wildman–Crippen LogP) is 5.84. The summed E-state index contributed by atoms with van der Waals surface area (Å²) in [7, 11) is 0. The summed E-state index contributed by atoms with van der Waals surface area (Å²) < 4.78 is 2.11. The standard InChI is InChI=1S/C28H26ClN5OS/c1-19-8-2-3-11-22(19)31-25(35)14-17-34-27(26(32-28(34)36)23-12-4-5-15-30-23)24-13-7-16-33(24)21-10-6-9-20(29)18-21/h2-13,15-16,18,26-27H,14,17H2,1H3,(H,31,35)(H,32,36). The van der Waals surface area contributed by atoms with Crippen LogP contribution in [0.5, 0.6) is 0 Å². The first kappa shape index (κ1) is 24.0. The summed E-state index contributed by atoms with van der Waals surface area (Å²) in [5, 5.41) is 7.74. The Morgan fingerprint density at radius 3 is 2.69 bits per heavy atom. The molecule has 1 aliphatic heterocycles. The first-order valence-electron chi connectivity index (χ1n) is 11.8. The van der Waals surface area contributed by atoms with Gasteiger partial charge in [0.15, 0.2) is 5.11 Å². The van der Waals surface area contributed by atoms with Crippen molar-refractivity contribution < 1.29 is 4.79 Å². The molecule has 2 aromatic carbocycles. The molecule has 0 spiro atoms. The quantitative estimate of drug-likeness (QED) is 0.303. The van der Waals surface area contributed by atoms with Crippen molar-refractivity contribution in [1.29, 1.82) is 0 Å². The fourth-order valence-electron chi connectivity index (χ4n) is 4.61. The van der Waals surface area contributed by atoms with Gasteiger partial charge in [0.05, 0.1) is 17.8 Å². The van der Waals surface area contributed by atoms with Crippen LogP contribution in [0, 0.1) is 6.92 Å². The van der Waals surface area contributed by atoms with Crippen LogP contribution >= 0.6 is 23.8 Å². The predicted molar refractivity (Wildman–Crippen MR) is 147 cm³/mol. The van der Waals surface area contributed by atoms with Gasteiger partial charge < -0.3 is 20.1 Å². The zero-order valence-electron chi connectivity index (χ0n) is 19.8. The first-order valence-corrected chi connectivity index (χ1v) is 12.6. The molecule has 1 saturated heterocycles. The Kier molecular flexibility index (Phi) is 7.02. The van der Waals surface area contributed by atoms with Crippen LogP contribution in [0.1, 0.15) is 35.5 Å². The summed E-state index contributed by atoms with van der Waals surface area (Å²) in [5.74, 6) is -0.0580. The molecule has 0 radical (unpaired) electrons. The van der Waals surface area contributed by atoms with Gasteiger partial charge in [0.1, 0.15) is 0 Å². The van der Waals surface area contributed by atoms with Crippen LogP contribution in [0.4, 0.5) is 5.69 Å². The number of hydrogen-bond donors (Lipinski definition) is 2. The Hall–Kier alpha value is -3.68. The third kappa shape index (κ3) is 4.98. The number of hydrogen-bond acceptors (Lipinski definition) is 3. The largest absolute Gasteiger partial charge is 0.352 e. The second kappa shape index (κ2) is 10.5. The fourth-order valence-corrected chi connectivity index (χ4v) is 5.13. The normalized spacial score (nSPS) is 17.2. The third-order valence-electron chi connectivity index (χ3n) is 6.37. The van der Waals surface area contributed by atoms with Crippen molar-refractivity contribution in [3.05, 3.63) is 113 Å². The van der Waals surface area contributed by atoms with Gasteiger partial charge >= 0.3 is 0 Å².